The second kappa shape index (κ2) is 10.7. The Morgan fingerprint density at radius 2 is 1.84 bits per heavy atom. The molecule has 0 fully saturated rings. The van der Waals surface area contributed by atoms with Crippen molar-refractivity contribution in [3.63, 3.8) is 0 Å². The molecule has 31 heavy (non-hydrogen) atoms. The molecule has 1 atom stereocenters. The molecule has 2 aromatic rings. The van der Waals surface area contributed by atoms with Crippen LogP contribution in [0.2, 0.25) is 0 Å². The zero-order chi connectivity index (χ0) is 23.0. The molecular weight excluding hydrogens is 420 g/mol. The molecule has 0 saturated heterocycles. The maximum atomic E-state index is 12.9. The van der Waals surface area contributed by atoms with E-state index in [2.05, 4.69) is 15.4 Å². The standard InChI is InChI=1S/C21H26N4O5S/c1-14(12-24-31(4,27)28)25-18-7-5-15(11-22)9-17(18)21(26)23-13-16-6-8-19(29-2)20(10-16)30-3/h5-10,14,24-25H,12-13H2,1-4H3,(H,23,26)/t14-/m0/s1. The first-order chi connectivity index (χ1) is 14.7. The molecule has 10 heteroatoms. The number of hydrogen-bond acceptors (Lipinski definition) is 7. The topological polar surface area (TPSA) is 130 Å². The van der Waals surface area contributed by atoms with Gasteiger partial charge in [0.25, 0.3) is 5.91 Å². The Kier molecular flexibility index (Phi) is 8.24. The first-order valence-electron chi connectivity index (χ1n) is 9.41. The van der Waals surface area contributed by atoms with Gasteiger partial charge in [0.05, 0.1) is 37.7 Å². The van der Waals surface area contributed by atoms with Crippen molar-refractivity contribution in [1.29, 1.82) is 5.26 Å². The Bertz CT molecular complexity index is 1080. The summed E-state index contributed by atoms with van der Waals surface area (Å²) in [7, 11) is -0.253. The molecule has 2 aromatic carbocycles. The van der Waals surface area contributed by atoms with Crippen LogP contribution in [0.5, 0.6) is 11.5 Å². The summed E-state index contributed by atoms with van der Waals surface area (Å²) in [6.45, 7) is 2.16. The summed E-state index contributed by atoms with van der Waals surface area (Å²) in [6, 6.07) is 11.8. The summed E-state index contributed by atoms with van der Waals surface area (Å²) in [4.78, 5) is 12.9. The number of anilines is 1. The number of rotatable bonds is 10. The summed E-state index contributed by atoms with van der Waals surface area (Å²) in [5.74, 6) is 0.760. The van der Waals surface area contributed by atoms with E-state index < -0.39 is 10.0 Å². The SMILES string of the molecule is COc1ccc(CNC(=O)c2cc(C#N)ccc2N[C@@H](C)CNS(C)(=O)=O)cc1OC. The minimum atomic E-state index is -3.33. The third kappa shape index (κ3) is 7.16. The number of methoxy groups -OCH3 is 2. The van der Waals surface area contributed by atoms with Crippen LogP contribution in [0.3, 0.4) is 0 Å². The number of nitriles is 1. The van der Waals surface area contributed by atoms with Crippen molar-refractivity contribution in [2.75, 3.05) is 32.3 Å². The van der Waals surface area contributed by atoms with Crippen molar-refractivity contribution >= 4 is 21.6 Å². The Morgan fingerprint density at radius 3 is 2.45 bits per heavy atom. The van der Waals surface area contributed by atoms with E-state index in [1.807, 2.05) is 12.1 Å². The van der Waals surface area contributed by atoms with E-state index in [4.69, 9.17) is 9.47 Å². The zero-order valence-electron chi connectivity index (χ0n) is 17.9. The predicted molar refractivity (Wildman–Crippen MR) is 118 cm³/mol. The van der Waals surface area contributed by atoms with Crippen LogP contribution in [0, 0.1) is 11.3 Å². The van der Waals surface area contributed by atoms with Crippen molar-refractivity contribution in [3.05, 3.63) is 53.1 Å². The Labute approximate surface area is 182 Å². The van der Waals surface area contributed by atoms with Gasteiger partial charge in [-0.15, -0.1) is 0 Å². The number of sulfonamides is 1. The fourth-order valence-corrected chi connectivity index (χ4v) is 3.34. The number of benzene rings is 2. The molecule has 1 amide bonds. The maximum Gasteiger partial charge on any atom is 0.253 e. The van der Waals surface area contributed by atoms with Crippen LogP contribution >= 0.6 is 0 Å². The fraction of sp³-hybridized carbons (Fsp3) is 0.333. The number of ether oxygens (including phenoxy) is 2. The van der Waals surface area contributed by atoms with E-state index in [0.29, 0.717) is 22.7 Å². The van der Waals surface area contributed by atoms with Gasteiger partial charge >= 0.3 is 0 Å². The third-order valence-corrected chi connectivity index (χ3v) is 5.04. The average Bonchev–Trinajstić information content (AvgIpc) is 2.75. The lowest BCUT2D eigenvalue weighted by Crippen LogP contribution is -2.34. The molecular formula is C21H26N4O5S. The Hall–Kier alpha value is -3.29. The molecule has 9 nitrogen and oxygen atoms in total. The van der Waals surface area contributed by atoms with Crippen molar-refractivity contribution in [2.24, 2.45) is 0 Å². The van der Waals surface area contributed by atoms with Gasteiger partial charge in [-0.25, -0.2) is 13.1 Å². The molecule has 0 aliphatic heterocycles. The fourth-order valence-electron chi connectivity index (χ4n) is 2.79. The van der Waals surface area contributed by atoms with Crippen molar-refractivity contribution in [3.8, 4) is 17.6 Å². The van der Waals surface area contributed by atoms with E-state index in [9.17, 15) is 18.5 Å². The van der Waals surface area contributed by atoms with E-state index >= 15 is 0 Å². The second-order valence-corrected chi connectivity index (χ2v) is 8.74. The molecule has 0 unspecified atom stereocenters. The lowest BCUT2D eigenvalue weighted by molar-refractivity contribution is 0.0951. The summed E-state index contributed by atoms with van der Waals surface area (Å²) < 4.78 is 35.5. The Balaban J connectivity index is 2.16. The smallest absolute Gasteiger partial charge is 0.253 e. The highest BCUT2D eigenvalue weighted by atomic mass is 32.2. The zero-order valence-corrected chi connectivity index (χ0v) is 18.7. The minimum absolute atomic E-state index is 0.144. The quantitative estimate of drug-likeness (QED) is 0.508. The summed E-state index contributed by atoms with van der Waals surface area (Å²) >= 11 is 0. The third-order valence-electron chi connectivity index (χ3n) is 4.35. The molecule has 0 radical (unpaired) electrons. The van der Waals surface area contributed by atoms with E-state index in [1.54, 1.807) is 38.3 Å². The average molecular weight is 447 g/mol. The first-order valence-corrected chi connectivity index (χ1v) is 11.3. The van der Waals surface area contributed by atoms with Gasteiger partial charge in [-0.1, -0.05) is 6.07 Å². The highest BCUT2D eigenvalue weighted by Crippen LogP contribution is 2.27. The molecule has 0 heterocycles. The van der Waals surface area contributed by atoms with Crippen LogP contribution in [0.1, 0.15) is 28.4 Å². The van der Waals surface area contributed by atoms with Crippen LogP contribution in [0.4, 0.5) is 5.69 Å². The molecule has 0 aliphatic rings. The monoisotopic (exact) mass is 446 g/mol. The molecule has 0 spiro atoms. The summed E-state index contributed by atoms with van der Waals surface area (Å²) in [6.07, 6.45) is 1.08. The van der Waals surface area contributed by atoms with Gasteiger partial charge < -0.3 is 20.1 Å². The van der Waals surface area contributed by atoms with Gasteiger partial charge in [0.15, 0.2) is 11.5 Å². The number of carbonyl (C=O) groups excluding carboxylic acids is 1. The van der Waals surface area contributed by atoms with Gasteiger partial charge in [-0.2, -0.15) is 5.26 Å². The summed E-state index contributed by atoms with van der Waals surface area (Å²) in [5, 5.41) is 15.1. The molecule has 0 aliphatic carbocycles. The van der Waals surface area contributed by atoms with Gasteiger partial charge in [0.1, 0.15) is 0 Å². The second-order valence-electron chi connectivity index (χ2n) is 6.91. The van der Waals surface area contributed by atoms with Gasteiger partial charge in [0, 0.05) is 24.8 Å². The maximum absolute atomic E-state index is 12.9. The van der Waals surface area contributed by atoms with E-state index in [-0.39, 0.29) is 30.6 Å². The summed E-state index contributed by atoms with van der Waals surface area (Å²) in [5.41, 5.74) is 1.92. The lowest BCUT2D eigenvalue weighted by Gasteiger charge is -2.18. The van der Waals surface area contributed by atoms with E-state index in [1.165, 1.54) is 13.2 Å². The van der Waals surface area contributed by atoms with Crippen molar-refractivity contribution in [2.45, 2.75) is 19.5 Å². The highest BCUT2D eigenvalue weighted by molar-refractivity contribution is 7.88. The number of hydrogen-bond donors (Lipinski definition) is 3. The molecule has 2 rings (SSSR count). The van der Waals surface area contributed by atoms with Crippen molar-refractivity contribution < 1.29 is 22.7 Å². The van der Waals surface area contributed by atoms with Gasteiger partial charge in [-0.3, -0.25) is 4.79 Å². The van der Waals surface area contributed by atoms with Crippen LogP contribution in [0.15, 0.2) is 36.4 Å². The first kappa shape index (κ1) is 24.0. The lowest BCUT2D eigenvalue weighted by atomic mass is 10.1. The largest absolute Gasteiger partial charge is 0.493 e. The van der Waals surface area contributed by atoms with E-state index in [0.717, 1.165) is 11.8 Å². The van der Waals surface area contributed by atoms with Crippen LogP contribution < -0.4 is 24.8 Å². The molecule has 166 valence electrons. The molecule has 0 saturated carbocycles. The Morgan fingerprint density at radius 1 is 1.13 bits per heavy atom. The number of nitrogens with zero attached hydrogens (tertiary/aromatic N) is 1. The van der Waals surface area contributed by atoms with Crippen LogP contribution in [0.25, 0.3) is 0 Å². The molecule has 3 N–H and O–H groups in total. The highest BCUT2D eigenvalue weighted by Gasteiger charge is 2.15. The van der Waals surface area contributed by atoms with Crippen LogP contribution in [-0.2, 0) is 16.6 Å². The van der Waals surface area contributed by atoms with Crippen molar-refractivity contribution in [1.82, 2.24) is 10.0 Å². The molecule has 0 aromatic heterocycles. The van der Waals surface area contributed by atoms with Crippen LogP contribution in [-0.4, -0.2) is 47.4 Å². The van der Waals surface area contributed by atoms with Gasteiger partial charge in [-0.05, 0) is 42.8 Å². The molecule has 0 bridgehead atoms. The number of carbonyl (C=O) groups is 1. The predicted octanol–water partition coefficient (Wildman–Crippen LogP) is 1.86. The normalized spacial score (nSPS) is 11.8. The minimum Gasteiger partial charge on any atom is -0.493 e. The van der Waals surface area contributed by atoms with Gasteiger partial charge in [0.2, 0.25) is 10.0 Å². The number of nitrogens with one attached hydrogen (secondary N) is 3. The number of amides is 1.